The van der Waals surface area contributed by atoms with Gasteiger partial charge in [-0.25, -0.2) is 17.6 Å². The van der Waals surface area contributed by atoms with Crippen molar-refractivity contribution in [3.63, 3.8) is 0 Å². The van der Waals surface area contributed by atoms with Gasteiger partial charge in [0.25, 0.3) is 0 Å². The van der Waals surface area contributed by atoms with Crippen molar-refractivity contribution in [2.24, 2.45) is 0 Å². The number of nitrogens with zero attached hydrogens (tertiary/aromatic N) is 2. The number of halogens is 4. The van der Waals surface area contributed by atoms with Gasteiger partial charge in [0.2, 0.25) is 0 Å². The Balaban J connectivity index is 1.44. The number of ether oxygens (including phenoxy) is 1. The normalized spacial score (nSPS) is 13.1. The van der Waals surface area contributed by atoms with Crippen molar-refractivity contribution < 1.29 is 27.4 Å². The molecule has 2 aromatic heterocycles. The second kappa shape index (κ2) is 11.4. The summed E-state index contributed by atoms with van der Waals surface area (Å²) in [5, 5.41) is 16.1. The van der Waals surface area contributed by atoms with E-state index in [4.69, 9.17) is 4.74 Å². The summed E-state index contributed by atoms with van der Waals surface area (Å²) in [5.41, 5.74) is 2.83. The van der Waals surface area contributed by atoms with Crippen molar-refractivity contribution in [1.29, 1.82) is 0 Å². The van der Waals surface area contributed by atoms with Crippen LogP contribution in [0.3, 0.4) is 0 Å². The molecule has 0 aliphatic rings. The molecule has 42 heavy (non-hydrogen) atoms. The molecule has 0 aliphatic carbocycles. The number of nitrogens with one attached hydrogen (secondary N) is 1. The van der Waals surface area contributed by atoms with E-state index in [1.54, 1.807) is 24.3 Å². The summed E-state index contributed by atoms with van der Waals surface area (Å²) in [6, 6.07) is 17.8. The minimum atomic E-state index is -0.780. The van der Waals surface area contributed by atoms with Gasteiger partial charge < -0.3 is 24.3 Å². The van der Waals surface area contributed by atoms with Crippen LogP contribution < -0.4 is 5.32 Å². The quantitative estimate of drug-likeness (QED) is 0.174. The zero-order valence-corrected chi connectivity index (χ0v) is 23.3. The van der Waals surface area contributed by atoms with Crippen LogP contribution in [-0.4, -0.2) is 45.6 Å². The van der Waals surface area contributed by atoms with Crippen LogP contribution in [0.1, 0.15) is 13.8 Å². The Morgan fingerprint density at radius 3 is 1.33 bits per heavy atom. The van der Waals surface area contributed by atoms with Crippen LogP contribution in [0.25, 0.3) is 43.6 Å². The van der Waals surface area contributed by atoms with Gasteiger partial charge in [-0.1, -0.05) is 13.8 Å². The smallest absolute Gasteiger partial charge is 0.123 e. The first kappa shape index (κ1) is 28.2. The van der Waals surface area contributed by atoms with Crippen molar-refractivity contribution in [1.82, 2.24) is 14.5 Å². The van der Waals surface area contributed by atoms with E-state index >= 15 is 0 Å². The summed E-state index contributed by atoms with van der Waals surface area (Å²) in [6.45, 7) is 4.91. The van der Waals surface area contributed by atoms with Crippen LogP contribution >= 0.6 is 0 Å². The van der Waals surface area contributed by atoms with Crippen LogP contribution in [0.15, 0.2) is 72.8 Å². The lowest BCUT2D eigenvalue weighted by molar-refractivity contribution is -0.0210. The molecule has 1 atom stereocenters. The molecule has 2 N–H and O–H groups in total. The molecule has 0 amide bonds. The second-order valence-corrected chi connectivity index (χ2v) is 11.0. The Labute approximate surface area is 239 Å². The fourth-order valence-corrected chi connectivity index (χ4v) is 5.74. The van der Waals surface area contributed by atoms with Crippen molar-refractivity contribution in [3.05, 3.63) is 96.1 Å². The molecule has 0 saturated heterocycles. The largest absolute Gasteiger partial charge is 0.389 e. The van der Waals surface area contributed by atoms with Crippen LogP contribution in [0.4, 0.5) is 17.6 Å². The van der Waals surface area contributed by atoms with Crippen molar-refractivity contribution >= 4 is 43.6 Å². The van der Waals surface area contributed by atoms with Crippen LogP contribution in [0.2, 0.25) is 0 Å². The van der Waals surface area contributed by atoms with E-state index in [0.29, 0.717) is 50.2 Å². The van der Waals surface area contributed by atoms with E-state index in [1.165, 1.54) is 48.5 Å². The highest BCUT2D eigenvalue weighted by Gasteiger charge is 2.22. The third kappa shape index (κ3) is 5.47. The van der Waals surface area contributed by atoms with Crippen molar-refractivity contribution in [3.8, 4) is 0 Å². The molecular formula is C33H31F4N3O2. The van der Waals surface area contributed by atoms with E-state index in [1.807, 2.05) is 23.0 Å². The van der Waals surface area contributed by atoms with Crippen LogP contribution in [-0.2, 0) is 17.8 Å². The third-order valence-corrected chi connectivity index (χ3v) is 7.64. The van der Waals surface area contributed by atoms with Crippen molar-refractivity contribution in [2.45, 2.75) is 45.2 Å². The number of hydrogen-bond donors (Lipinski definition) is 2. The van der Waals surface area contributed by atoms with Gasteiger partial charge in [-0.15, -0.1) is 0 Å². The number of fused-ring (bicyclic) bond motifs is 6. The molecular weight excluding hydrogens is 546 g/mol. The monoisotopic (exact) mass is 577 g/mol. The molecule has 6 aromatic rings. The number of aromatic nitrogens is 2. The first-order valence-electron chi connectivity index (χ1n) is 13.9. The third-order valence-electron chi connectivity index (χ3n) is 7.64. The highest BCUT2D eigenvalue weighted by molar-refractivity contribution is 6.09. The maximum atomic E-state index is 14.3. The van der Waals surface area contributed by atoms with E-state index in [2.05, 4.69) is 5.32 Å². The van der Waals surface area contributed by atoms with Gasteiger partial charge in [-0.05, 0) is 72.8 Å². The van der Waals surface area contributed by atoms with Crippen LogP contribution in [0.5, 0.6) is 0 Å². The average molecular weight is 578 g/mol. The van der Waals surface area contributed by atoms with Gasteiger partial charge >= 0.3 is 0 Å². The molecule has 0 radical (unpaired) electrons. The molecule has 6 rings (SSSR count). The summed E-state index contributed by atoms with van der Waals surface area (Å²) in [4.78, 5) is 0. The molecule has 1 unspecified atom stereocenters. The number of aliphatic hydroxyl groups excluding tert-OH is 1. The molecule has 4 aromatic carbocycles. The average Bonchev–Trinajstić information content (AvgIpc) is 3.41. The lowest BCUT2D eigenvalue weighted by atomic mass is 10.1. The molecule has 218 valence electrons. The molecule has 0 bridgehead atoms. The fraction of sp³-hybridized carbons (Fsp3) is 0.273. The summed E-state index contributed by atoms with van der Waals surface area (Å²) >= 11 is 0. The lowest BCUT2D eigenvalue weighted by Crippen LogP contribution is -2.36. The number of benzene rings is 4. The molecule has 5 nitrogen and oxygen atoms in total. The Bertz CT molecular complexity index is 1670. The Morgan fingerprint density at radius 2 is 1.00 bits per heavy atom. The zero-order valence-electron chi connectivity index (χ0n) is 23.3. The molecule has 0 aliphatic heterocycles. The highest BCUT2D eigenvalue weighted by Crippen LogP contribution is 2.33. The summed E-state index contributed by atoms with van der Waals surface area (Å²) in [7, 11) is 0. The maximum absolute atomic E-state index is 14.3. The first-order chi connectivity index (χ1) is 20.2. The lowest BCUT2D eigenvalue weighted by Gasteiger charge is -2.24. The van der Waals surface area contributed by atoms with Gasteiger partial charge in [0, 0.05) is 56.2 Å². The van der Waals surface area contributed by atoms with Gasteiger partial charge in [0.1, 0.15) is 23.3 Å². The standard InChI is InChI=1S/C33H31F4N3O2/c1-19(2)38-15-24(41)18-42-25(16-39-30-7-3-20(34)11-26(30)27-12-21(35)4-8-31(27)39)17-40-32-9-5-22(36)13-28(32)29-14-23(37)6-10-33(29)40/h3-14,19,24-25,38,41H,15-18H2,1-2H3. The summed E-state index contributed by atoms with van der Waals surface area (Å²) in [6.07, 6.45) is -1.32. The fourth-order valence-electron chi connectivity index (χ4n) is 5.74. The minimum absolute atomic E-state index is 0.0329. The molecule has 0 saturated carbocycles. The van der Waals surface area contributed by atoms with Gasteiger partial charge in [-0.3, -0.25) is 0 Å². The first-order valence-corrected chi connectivity index (χ1v) is 13.9. The molecule has 0 fully saturated rings. The van der Waals surface area contributed by atoms with Gasteiger partial charge in [-0.2, -0.15) is 0 Å². The van der Waals surface area contributed by atoms with Gasteiger partial charge in [0.05, 0.1) is 31.9 Å². The topological polar surface area (TPSA) is 51.3 Å². The predicted molar refractivity (Wildman–Crippen MR) is 158 cm³/mol. The Morgan fingerprint density at radius 1 is 0.643 bits per heavy atom. The number of aliphatic hydroxyl groups is 1. The highest BCUT2D eigenvalue weighted by atomic mass is 19.1. The van der Waals surface area contributed by atoms with E-state index in [0.717, 1.165) is 0 Å². The second-order valence-electron chi connectivity index (χ2n) is 11.0. The number of rotatable bonds is 10. The number of hydrogen-bond acceptors (Lipinski definition) is 3. The predicted octanol–water partition coefficient (Wildman–Crippen LogP) is 6.90. The van der Waals surface area contributed by atoms with Crippen LogP contribution in [0, 0.1) is 23.3 Å². The van der Waals surface area contributed by atoms with E-state index < -0.39 is 35.5 Å². The summed E-state index contributed by atoms with van der Waals surface area (Å²) in [5.74, 6) is -1.71. The zero-order chi connectivity index (χ0) is 29.5. The molecule has 0 spiro atoms. The Kier molecular flexibility index (Phi) is 7.66. The Hall–Kier alpha value is -3.92. The van der Waals surface area contributed by atoms with E-state index in [-0.39, 0.29) is 25.7 Å². The molecule has 2 heterocycles. The van der Waals surface area contributed by atoms with Crippen molar-refractivity contribution in [2.75, 3.05) is 13.2 Å². The summed E-state index contributed by atoms with van der Waals surface area (Å²) < 4.78 is 67.3. The van der Waals surface area contributed by atoms with Gasteiger partial charge in [0.15, 0.2) is 0 Å². The maximum Gasteiger partial charge on any atom is 0.123 e. The van der Waals surface area contributed by atoms with E-state index in [9.17, 15) is 22.7 Å². The molecule has 9 heteroatoms. The SMILES string of the molecule is CC(C)NCC(O)COC(Cn1c2ccc(F)cc2c2cc(F)ccc21)Cn1c2ccc(F)cc2c2cc(F)ccc21. The minimum Gasteiger partial charge on any atom is -0.389 e.